The van der Waals surface area contributed by atoms with Crippen molar-refractivity contribution in [2.24, 2.45) is 0 Å². The van der Waals surface area contributed by atoms with E-state index in [9.17, 15) is 9.59 Å². The molecular weight excluding hydrogens is 508 g/mol. The van der Waals surface area contributed by atoms with Crippen LogP contribution in [-0.4, -0.2) is 36.4 Å². The molecule has 39 heavy (non-hydrogen) atoms. The molecule has 1 aliphatic rings. The summed E-state index contributed by atoms with van der Waals surface area (Å²) in [6.07, 6.45) is 8.44. The monoisotopic (exact) mass is 544 g/mol. The molecule has 0 aromatic heterocycles. The third-order valence-electron chi connectivity index (χ3n) is 7.18. The topological polar surface area (TPSA) is 58.6 Å². The zero-order valence-electron chi connectivity index (χ0n) is 22.6. The van der Waals surface area contributed by atoms with Crippen LogP contribution < -0.4 is 10.1 Å². The Morgan fingerprint density at radius 3 is 2.31 bits per heavy atom. The number of carbonyl (C=O) groups is 2. The van der Waals surface area contributed by atoms with Crippen LogP contribution >= 0.6 is 11.6 Å². The highest BCUT2D eigenvalue weighted by atomic mass is 35.5. The number of allylic oxidation sites excluding steroid dienone is 1. The molecule has 0 bridgehead atoms. The van der Waals surface area contributed by atoms with Gasteiger partial charge in [-0.1, -0.05) is 77.8 Å². The van der Waals surface area contributed by atoms with Gasteiger partial charge < -0.3 is 15.0 Å². The standard InChI is InChI=1S/C33H37ClN2O3/c1-39-30-18-14-28(15-19-30)24-36(32(37)23-27-12-16-29(34)17-13-27)31(22-26-10-6-3-7-11-26)33(38)35-21-20-25-8-4-2-5-9-25/h3,6-8,10-19,31H,2,4-5,9,20-24H2,1H3,(H,35,38)/t31-/m0/s1. The Morgan fingerprint density at radius 1 is 0.923 bits per heavy atom. The van der Waals surface area contributed by atoms with Gasteiger partial charge in [0.25, 0.3) is 0 Å². The number of methoxy groups -OCH3 is 1. The minimum Gasteiger partial charge on any atom is -0.497 e. The first-order valence-electron chi connectivity index (χ1n) is 13.7. The lowest BCUT2D eigenvalue weighted by molar-refractivity contribution is -0.140. The third kappa shape index (κ3) is 8.72. The second kappa shape index (κ2) is 14.5. The van der Waals surface area contributed by atoms with E-state index in [0.717, 1.165) is 41.7 Å². The van der Waals surface area contributed by atoms with E-state index in [0.29, 0.717) is 24.5 Å². The molecule has 2 amide bonds. The van der Waals surface area contributed by atoms with Crippen molar-refractivity contribution in [3.05, 3.63) is 112 Å². The summed E-state index contributed by atoms with van der Waals surface area (Å²) in [4.78, 5) is 29.3. The third-order valence-corrected chi connectivity index (χ3v) is 7.43. The van der Waals surface area contributed by atoms with E-state index < -0.39 is 6.04 Å². The van der Waals surface area contributed by atoms with Crippen molar-refractivity contribution in [2.45, 2.75) is 57.5 Å². The summed E-state index contributed by atoms with van der Waals surface area (Å²) in [7, 11) is 1.63. The molecule has 3 aromatic rings. The van der Waals surface area contributed by atoms with Crippen LogP contribution in [0.4, 0.5) is 0 Å². The highest BCUT2D eigenvalue weighted by molar-refractivity contribution is 6.30. The van der Waals surface area contributed by atoms with Gasteiger partial charge in [-0.15, -0.1) is 0 Å². The van der Waals surface area contributed by atoms with Gasteiger partial charge in [-0.25, -0.2) is 0 Å². The molecule has 3 aromatic carbocycles. The van der Waals surface area contributed by atoms with Gasteiger partial charge in [-0.2, -0.15) is 0 Å². The van der Waals surface area contributed by atoms with Crippen molar-refractivity contribution in [3.63, 3.8) is 0 Å². The fraction of sp³-hybridized carbons (Fsp3) is 0.333. The van der Waals surface area contributed by atoms with E-state index in [4.69, 9.17) is 16.3 Å². The van der Waals surface area contributed by atoms with Crippen LogP contribution in [0.3, 0.4) is 0 Å². The predicted molar refractivity (Wildman–Crippen MR) is 157 cm³/mol. The number of nitrogens with one attached hydrogen (secondary N) is 1. The summed E-state index contributed by atoms with van der Waals surface area (Å²) < 4.78 is 5.31. The lowest BCUT2D eigenvalue weighted by atomic mass is 9.97. The molecule has 0 saturated heterocycles. The largest absolute Gasteiger partial charge is 0.497 e. The van der Waals surface area contributed by atoms with Crippen molar-refractivity contribution in [3.8, 4) is 5.75 Å². The minimum atomic E-state index is -0.658. The molecule has 0 aliphatic heterocycles. The highest BCUT2D eigenvalue weighted by Gasteiger charge is 2.30. The van der Waals surface area contributed by atoms with Gasteiger partial charge in [-0.3, -0.25) is 9.59 Å². The fourth-order valence-corrected chi connectivity index (χ4v) is 5.08. The first kappa shape index (κ1) is 28.4. The fourth-order valence-electron chi connectivity index (χ4n) is 4.96. The van der Waals surface area contributed by atoms with Crippen LogP contribution in [0.1, 0.15) is 48.8 Å². The Balaban J connectivity index is 1.59. The van der Waals surface area contributed by atoms with E-state index >= 15 is 0 Å². The van der Waals surface area contributed by atoms with Gasteiger partial charge in [0, 0.05) is 24.5 Å². The van der Waals surface area contributed by atoms with Gasteiger partial charge in [0.15, 0.2) is 0 Å². The molecule has 0 radical (unpaired) electrons. The number of amides is 2. The maximum absolute atomic E-state index is 13.9. The van der Waals surface area contributed by atoms with E-state index in [2.05, 4.69) is 11.4 Å². The highest BCUT2D eigenvalue weighted by Crippen LogP contribution is 2.21. The first-order valence-corrected chi connectivity index (χ1v) is 14.1. The number of ether oxygens (including phenoxy) is 1. The maximum Gasteiger partial charge on any atom is 0.243 e. The van der Waals surface area contributed by atoms with Crippen LogP contribution in [0.25, 0.3) is 0 Å². The Kier molecular flexibility index (Phi) is 10.6. The van der Waals surface area contributed by atoms with Gasteiger partial charge >= 0.3 is 0 Å². The normalized spacial score (nSPS) is 13.7. The van der Waals surface area contributed by atoms with Gasteiger partial charge in [0.1, 0.15) is 11.8 Å². The van der Waals surface area contributed by atoms with Crippen molar-refractivity contribution >= 4 is 23.4 Å². The number of nitrogens with zero attached hydrogens (tertiary/aromatic N) is 1. The van der Waals surface area contributed by atoms with E-state index in [-0.39, 0.29) is 18.2 Å². The van der Waals surface area contributed by atoms with Crippen molar-refractivity contribution in [2.75, 3.05) is 13.7 Å². The molecule has 0 saturated carbocycles. The molecule has 4 rings (SSSR count). The SMILES string of the molecule is COc1ccc(CN(C(=O)Cc2ccc(Cl)cc2)[C@@H](Cc2ccccc2)C(=O)NCCC2=CCCCC2)cc1. The van der Waals surface area contributed by atoms with Crippen LogP contribution in [0.5, 0.6) is 5.75 Å². The molecule has 204 valence electrons. The van der Waals surface area contributed by atoms with Crippen LogP contribution in [0.15, 0.2) is 90.5 Å². The number of rotatable bonds is 12. The first-order chi connectivity index (χ1) is 19.0. The number of benzene rings is 3. The molecule has 1 N–H and O–H groups in total. The van der Waals surface area contributed by atoms with E-state index in [1.54, 1.807) is 24.1 Å². The van der Waals surface area contributed by atoms with Gasteiger partial charge in [0.2, 0.25) is 11.8 Å². The van der Waals surface area contributed by atoms with E-state index in [1.165, 1.54) is 18.4 Å². The van der Waals surface area contributed by atoms with Gasteiger partial charge in [0.05, 0.1) is 13.5 Å². The van der Waals surface area contributed by atoms with Crippen LogP contribution in [-0.2, 0) is 29.0 Å². The summed E-state index contributed by atoms with van der Waals surface area (Å²) in [5, 5.41) is 3.77. The zero-order chi connectivity index (χ0) is 27.5. The average molecular weight is 545 g/mol. The van der Waals surface area contributed by atoms with Crippen molar-refractivity contribution < 1.29 is 14.3 Å². The molecule has 0 spiro atoms. The van der Waals surface area contributed by atoms with Crippen LogP contribution in [0, 0.1) is 0 Å². The zero-order valence-corrected chi connectivity index (χ0v) is 23.3. The number of hydrogen-bond donors (Lipinski definition) is 1. The molecule has 0 fully saturated rings. The lowest BCUT2D eigenvalue weighted by Gasteiger charge is -2.32. The molecule has 6 heteroatoms. The molecule has 1 aliphatic carbocycles. The summed E-state index contributed by atoms with van der Waals surface area (Å²) in [6.45, 7) is 0.879. The quantitative estimate of drug-likeness (QED) is 0.263. The summed E-state index contributed by atoms with van der Waals surface area (Å²) in [6, 6.07) is 24.1. The number of halogens is 1. The molecule has 0 unspecified atom stereocenters. The van der Waals surface area contributed by atoms with Crippen molar-refractivity contribution in [1.82, 2.24) is 10.2 Å². The van der Waals surface area contributed by atoms with Gasteiger partial charge in [-0.05, 0) is 73.1 Å². The minimum absolute atomic E-state index is 0.112. The number of carbonyl (C=O) groups excluding carboxylic acids is 2. The molecule has 0 heterocycles. The van der Waals surface area contributed by atoms with Crippen molar-refractivity contribution in [1.29, 1.82) is 0 Å². The maximum atomic E-state index is 13.9. The smallest absolute Gasteiger partial charge is 0.243 e. The molecule has 5 nitrogen and oxygen atoms in total. The van der Waals surface area contributed by atoms with Crippen LogP contribution in [0.2, 0.25) is 5.02 Å². The Morgan fingerprint density at radius 2 is 1.64 bits per heavy atom. The average Bonchev–Trinajstić information content (AvgIpc) is 2.97. The number of hydrogen-bond acceptors (Lipinski definition) is 3. The lowest BCUT2D eigenvalue weighted by Crippen LogP contribution is -2.51. The second-order valence-corrected chi connectivity index (χ2v) is 10.5. The second-order valence-electron chi connectivity index (χ2n) is 10.0. The molecular formula is C33H37ClN2O3. The Labute approximate surface area is 236 Å². The summed E-state index contributed by atoms with van der Waals surface area (Å²) >= 11 is 6.07. The Hall–Kier alpha value is -3.57. The summed E-state index contributed by atoms with van der Waals surface area (Å²) in [5.74, 6) is 0.501. The Bertz CT molecular complexity index is 1240. The summed E-state index contributed by atoms with van der Waals surface area (Å²) in [5.41, 5.74) is 4.20. The predicted octanol–water partition coefficient (Wildman–Crippen LogP) is 6.54. The molecule has 1 atom stereocenters. The van der Waals surface area contributed by atoms with E-state index in [1.807, 2.05) is 66.7 Å².